The van der Waals surface area contributed by atoms with Crippen LogP contribution in [0.5, 0.6) is 0 Å². The predicted octanol–water partition coefficient (Wildman–Crippen LogP) is 2.33. The average molecular weight is 268 g/mol. The summed E-state index contributed by atoms with van der Waals surface area (Å²) < 4.78 is 0. The Morgan fingerprint density at radius 1 is 1.26 bits per heavy atom. The fraction of sp³-hybridized carbons (Fsp3) is 0.867. The summed E-state index contributed by atoms with van der Waals surface area (Å²) >= 11 is 0. The number of piperazine rings is 1. The summed E-state index contributed by atoms with van der Waals surface area (Å²) in [5.41, 5.74) is 0. The summed E-state index contributed by atoms with van der Waals surface area (Å²) in [5, 5.41) is 2.87. The molecule has 2 unspecified atom stereocenters. The molecule has 0 saturated carbocycles. The molecule has 0 spiro atoms. The van der Waals surface area contributed by atoms with Gasteiger partial charge in [0.05, 0.1) is 0 Å². The number of nitrogens with zero attached hydrogens (tertiary/aromatic N) is 1. The Kier molecular flexibility index (Phi) is 6.32. The van der Waals surface area contributed by atoms with Crippen LogP contribution < -0.4 is 5.32 Å². The number of carbonyl (C=O) groups is 2. The highest BCUT2D eigenvalue weighted by Gasteiger charge is 2.38. The summed E-state index contributed by atoms with van der Waals surface area (Å²) in [4.78, 5) is 26.3. The Morgan fingerprint density at radius 2 is 1.95 bits per heavy atom. The van der Waals surface area contributed by atoms with Gasteiger partial charge in [0, 0.05) is 6.54 Å². The van der Waals surface area contributed by atoms with Crippen LogP contribution in [0.3, 0.4) is 0 Å². The van der Waals surface area contributed by atoms with E-state index in [4.69, 9.17) is 0 Å². The van der Waals surface area contributed by atoms with E-state index in [0.29, 0.717) is 18.9 Å². The van der Waals surface area contributed by atoms with E-state index >= 15 is 0 Å². The molecule has 1 fully saturated rings. The van der Waals surface area contributed by atoms with E-state index in [9.17, 15) is 9.59 Å². The molecule has 4 heteroatoms. The largest absolute Gasteiger partial charge is 0.343 e. The molecule has 0 aromatic carbocycles. The van der Waals surface area contributed by atoms with Crippen molar-refractivity contribution in [2.24, 2.45) is 5.92 Å². The van der Waals surface area contributed by atoms with E-state index in [-0.39, 0.29) is 23.9 Å². The van der Waals surface area contributed by atoms with Crippen LogP contribution in [-0.2, 0) is 9.59 Å². The number of carbonyl (C=O) groups excluding carboxylic acids is 2. The lowest BCUT2D eigenvalue weighted by molar-refractivity contribution is -0.149. The molecular formula is C15H28N2O2. The van der Waals surface area contributed by atoms with Gasteiger partial charge in [0.15, 0.2) is 0 Å². The van der Waals surface area contributed by atoms with Crippen molar-refractivity contribution in [3.63, 3.8) is 0 Å². The Morgan fingerprint density at radius 3 is 2.47 bits per heavy atom. The van der Waals surface area contributed by atoms with Gasteiger partial charge in [-0.2, -0.15) is 0 Å². The molecular weight excluding hydrogens is 240 g/mol. The third kappa shape index (κ3) is 4.22. The molecule has 19 heavy (non-hydrogen) atoms. The number of hydrogen-bond donors (Lipinski definition) is 1. The molecule has 2 amide bonds. The van der Waals surface area contributed by atoms with Crippen LogP contribution in [0.15, 0.2) is 0 Å². The minimum Gasteiger partial charge on any atom is -0.343 e. The van der Waals surface area contributed by atoms with Crippen LogP contribution in [0.4, 0.5) is 0 Å². The first-order chi connectivity index (χ1) is 9.01. The topological polar surface area (TPSA) is 49.4 Å². The third-order valence-corrected chi connectivity index (χ3v) is 3.72. The molecule has 1 heterocycles. The Labute approximate surface area is 116 Å². The zero-order chi connectivity index (χ0) is 14.4. The van der Waals surface area contributed by atoms with E-state index in [1.165, 1.54) is 0 Å². The van der Waals surface area contributed by atoms with Crippen molar-refractivity contribution >= 4 is 11.8 Å². The molecule has 1 aliphatic heterocycles. The number of nitrogens with one attached hydrogen (secondary N) is 1. The van der Waals surface area contributed by atoms with Gasteiger partial charge in [-0.25, -0.2) is 0 Å². The second-order valence-electron chi connectivity index (χ2n) is 5.84. The van der Waals surface area contributed by atoms with E-state index in [2.05, 4.69) is 19.2 Å². The standard InChI is InChI=1S/C15H28N2O2/c1-5-8-12-15(19)17(10-7-9-11(3)4)13(6-2)14(18)16-12/h11-13H,5-10H2,1-4H3,(H,16,18). The highest BCUT2D eigenvalue weighted by atomic mass is 16.2. The molecule has 1 aliphatic rings. The van der Waals surface area contributed by atoms with Crippen molar-refractivity contribution < 1.29 is 9.59 Å². The van der Waals surface area contributed by atoms with Gasteiger partial charge in [-0.1, -0.05) is 34.1 Å². The third-order valence-electron chi connectivity index (χ3n) is 3.72. The van der Waals surface area contributed by atoms with E-state index < -0.39 is 0 Å². The summed E-state index contributed by atoms with van der Waals surface area (Å²) in [5.74, 6) is 0.766. The van der Waals surface area contributed by atoms with E-state index in [1.807, 2.05) is 18.7 Å². The molecule has 0 bridgehead atoms. The smallest absolute Gasteiger partial charge is 0.245 e. The Bertz CT molecular complexity index is 315. The molecule has 0 aliphatic carbocycles. The minimum atomic E-state index is -0.306. The van der Waals surface area contributed by atoms with Crippen LogP contribution >= 0.6 is 0 Å². The zero-order valence-electron chi connectivity index (χ0n) is 12.7. The minimum absolute atomic E-state index is 0.0186. The van der Waals surface area contributed by atoms with Crippen LogP contribution in [0.25, 0.3) is 0 Å². The second-order valence-corrected chi connectivity index (χ2v) is 5.84. The summed E-state index contributed by atoms with van der Waals surface area (Å²) in [6, 6.07) is -0.577. The highest BCUT2D eigenvalue weighted by Crippen LogP contribution is 2.17. The summed E-state index contributed by atoms with van der Waals surface area (Å²) in [6.07, 6.45) is 4.42. The fourth-order valence-electron chi connectivity index (χ4n) is 2.65. The number of hydrogen-bond acceptors (Lipinski definition) is 2. The van der Waals surface area contributed by atoms with Crippen LogP contribution in [-0.4, -0.2) is 35.3 Å². The zero-order valence-corrected chi connectivity index (χ0v) is 12.7. The number of rotatable bonds is 7. The average Bonchev–Trinajstić information content (AvgIpc) is 2.35. The molecule has 0 radical (unpaired) electrons. The lowest BCUT2D eigenvalue weighted by Gasteiger charge is -2.38. The van der Waals surface area contributed by atoms with E-state index in [1.54, 1.807) is 0 Å². The first kappa shape index (κ1) is 16.0. The lowest BCUT2D eigenvalue weighted by atomic mass is 10.0. The van der Waals surface area contributed by atoms with Gasteiger partial charge in [-0.15, -0.1) is 0 Å². The van der Waals surface area contributed by atoms with Gasteiger partial charge < -0.3 is 10.2 Å². The van der Waals surface area contributed by atoms with Crippen molar-refractivity contribution in [1.29, 1.82) is 0 Å². The maximum Gasteiger partial charge on any atom is 0.245 e. The molecule has 4 nitrogen and oxygen atoms in total. The van der Waals surface area contributed by atoms with Crippen molar-refractivity contribution in [3.8, 4) is 0 Å². The van der Waals surface area contributed by atoms with Crippen LogP contribution in [0, 0.1) is 5.92 Å². The highest BCUT2D eigenvalue weighted by molar-refractivity contribution is 5.96. The van der Waals surface area contributed by atoms with Gasteiger partial charge in [0.25, 0.3) is 0 Å². The first-order valence-corrected chi connectivity index (χ1v) is 7.62. The fourth-order valence-corrected chi connectivity index (χ4v) is 2.65. The van der Waals surface area contributed by atoms with Gasteiger partial charge >= 0.3 is 0 Å². The first-order valence-electron chi connectivity index (χ1n) is 7.62. The molecule has 0 aromatic rings. The number of amides is 2. The van der Waals surface area contributed by atoms with Gasteiger partial charge in [-0.3, -0.25) is 9.59 Å². The van der Waals surface area contributed by atoms with Crippen molar-refractivity contribution in [1.82, 2.24) is 10.2 Å². The molecule has 110 valence electrons. The summed E-state index contributed by atoms with van der Waals surface area (Å²) in [6.45, 7) is 9.08. The van der Waals surface area contributed by atoms with Crippen LogP contribution in [0.1, 0.15) is 59.8 Å². The van der Waals surface area contributed by atoms with Gasteiger partial charge in [0.1, 0.15) is 12.1 Å². The van der Waals surface area contributed by atoms with Crippen LogP contribution in [0.2, 0.25) is 0 Å². The van der Waals surface area contributed by atoms with Crippen molar-refractivity contribution in [3.05, 3.63) is 0 Å². The quantitative estimate of drug-likeness (QED) is 0.770. The second kappa shape index (κ2) is 7.51. The normalized spacial score (nSPS) is 23.9. The maximum absolute atomic E-state index is 12.4. The van der Waals surface area contributed by atoms with Gasteiger partial charge in [0.2, 0.25) is 11.8 Å². The SMILES string of the molecule is CCCC1NC(=O)C(CC)N(CCCC(C)C)C1=O. The molecule has 1 rings (SSSR count). The molecule has 1 N–H and O–H groups in total. The Balaban J connectivity index is 2.69. The monoisotopic (exact) mass is 268 g/mol. The Hall–Kier alpha value is -1.06. The maximum atomic E-state index is 12.4. The van der Waals surface area contributed by atoms with Gasteiger partial charge in [-0.05, 0) is 31.6 Å². The molecule has 0 aromatic heterocycles. The lowest BCUT2D eigenvalue weighted by Crippen LogP contribution is -2.63. The van der Waals surface area contributed by atoms with Crippen molar-refractivity contribution in [2.75, 3.05) is 6.54 Å². The van der Waals surface area contributed by atoms with E-state index in [0.717, 1.165) is 25.7 Å². The molecule has 2 atom stereocenters. The van der Waals surface area contributed by atoms with Crippen molar-refractivity contribution in [2.45, 2.75) is 71.9 Å². The molecule has 1 saturated heterocycles. The predicted molar refractivity (Wildman–Crippen MR) is 76.7 cm³/mol. The summed E-state index contributed by atoms with van der Waals surface area (Å²) in [7, 11) is 0.